The van der Waals surface area contributed by atoms with Crippen molar-refractivity contribution in [3.63, 3.8) is 0 Å². The van der Waals surface area contributed by atoms with Gasteiger partial charge in [-0.1, -0.05) is 48.5 Å². The third-order valence-electron chi connectivity index (χ3n) is 6.21. The van der Waals surface area contributed by atoms with Crippen LogP contribution in [0.3, 0.4) is 0 Å². The summed E-state index contributed by atoms with van der Waals surface area (Å²) in [5.41, 5.74) is 2.95. The normalized spacial score (nSPS) is 14.4. The Kier molecular flexibility index (Phi) is 6.24. The SMILES string of the molecule is O=C(Nc1ccccc1)N1CCC(Cn2c(COc3ccccc3)nc3ccccc32)CC1. The van der Waals surface area contributed by atoms with E-state index in [0.29, 0.717) is 12.5 Å². The number of nitrogens with one attached hydrogen (secondary N) is 1. The van der Waals surface area contributed by atoms with Gasteiger partial charge >= 0.3 is 6.03 Å². The van der Waals surface area contributed by atoms with Gasteiger partial charge in [0, 0.05) is 25.3 Å². The van der Waals surface area contributed by atoms with E-state index in [4.69, 9.17) is 9.72 Å². The van der Waals surface area contributed by atoms with Crippen molar-refractivity contribution in [2.75, 3.05) is 18.4 Å². The van der Waals surface area contributed by atoms with Crippen LogP contribution in [-0.4, -0.2) is 33.6 Å². The summed E-state index contributed by atoms with van der Waals surface area (Å²) in [6.07, 6.45) is 1.93. The summed E-state index contributed by atoms with van der Waals surface area (Å²) in [5.74, 6) is 2.26. The molecule has 0 spiro atoms. The Bertz CT molecular complexity index is 1200. The molecule has 1 aliphatic heterocycles. The Morgan fingerprint density at radius 1 is 0.909 bits per heavy atom. The molecule has 3 aromatic carbocycles. The first kappa shape index (κ1) is 21.1. The van der Waals surface area contributed by atoms with Crippen LogP contribution in [0, 0.1) is 5.92 Å². The lowest BCUT2D eigenvalue weighted by atomic mass is 9.96. The number of benzene rings is 3. The number of rotatable bonds is 6. The first-order chi connectivity index (χ1) is 16.3. The molecule has 0 aliphatic carbocycles. The minimum atomic E-state index is -0.0234. The number of carbonyl (C=O) groups excluding carboxylic acids is 1. The van der Waals surface area contributed by atoms with Gasteiger partial charge in [-0.2, -0.15) is 0 Å². The van der Waals surface area contributed by atoms with Crippen LogP contribution in [0.2, 0.25) is 0 Å². The Balaban J connectivity index is 1.24. The minimum Gasteiger partial charge on any atom is -0.486 e. The summed E-state index contributed by atoms with van der Waals surface area (Å²) in [7, 11) is 0. The van der Waals surface area contributed by atoms with Gasteiger partial charge in [-0.05, 0) is 55.2 Å². The van der Waals surface area contributed by atoms with Crippen LogP contribution in [0.25, 0.3) is 11.0 Å². The number of fused-ring (bicyclic) bond motifs is 1. The smallest absolute Gasteiger partial charge is 0.321 e. The summed E-state index contributed by atoms with van der Waals surface area (Å²) in [6, 6.07) is 27.7. The summed E-state index contributed by atoms with van der Waals surface area (Å²) < 4.78 is 8.31. The number of ether oxygens (including phenoxy) is 1. The lowest BCUT2D eigenvalue weighted by Crippen LogP contribution is -2.41. The van der Waals surface area contributed by atoms with Crippen LogP contribution >= 0.6 is 0 Å². The standard InChI is InChI=1S/C27H28N4O2/c32-27(28-22-9-3-1-4-10-22)30-17-15-21(16-18-30)19-31-25-14-8-7-13-24(25)29-26(31)20-33-23-11-5-2-6-12-23/h1-14,21H,15-20H2,(H,28,32). The highest BCUT2D eigenvalue weighted by Crippen LogP contribution is 2.25. The number of urea groups is 1. The highest BCUT2D eigenvalue weighted by molar-refractivity contribution is 5.89. The summed E-state index contributed by atoms with van der Waals surface area (Å²) in [4.78, 5) is 19.4. The van der Waals surface area contributed by atoms with Crippen LogP contribution in [0.15, 0.2) is 84.9 Å². The number of likely N-dealkylation sites (tertiary alicyclic amines) is 1. The molecule has 0 saturated carbocycles. The van der Waals surface area contributed by atoms with Crippen molar-refractivity contribution >= 4 is 22.8 Å². The Hall–Kier alpha value is -3.80. The molecule has 1 saturated heterocycles. The Labute approximate surface area is 193 Å². The molecule has 4 aromatic rings. The summed E-state index contributed by atoms with van der Waals surface area (Å²) >= 11 is 0. The predicted octanol–water partition coefficient (Wildman–Crippen LogP) is 5.56. The second-order valence-electron chi connectivity index (χ2n) is 8.46. The van der Waals surface area contributed by atoms with Gasteiger partial charge in [0.05, 0.1) is 11.0 Å². The Morgan fingerprint density at radius 3 is 2.33 bits per heavy atom. The number of hydrogen-bond acceptors (Lipinski definition) is 3. The number of aromatic nitrogens is 2. The molecule has 6 heteroatoms. The monoisotopic (exact) mass is 440 g/mol. The molecule has 1 fully saturated rings. The third kappa shape index (κ3) is 5.00. The maximum Gasteiger partial charge on any atom is 0.321 e. The number of para-hydroxylation sites is 4. The highest BCUT2D eigenvalue weighted by atomic mass is 16.5. The van der Waals surface area contributed by atoms with Gasteiger partial charge in [0.25, 0.3) is 0 Å². The van der Waals surface area contributed by atoms with E-state index >= 15 is 0 Å². The fraction of sp³-hybridized carbons (Fsp3) is 0.259. The van der Waals surface area contributed by atoms with Gasteiger partial charge in [0.15, 0.2) is 0 Å². The number of hydrogen-bond donors (Lipinski definition) is 1. The number of piperidine rings is 1. The minimum absolute atomic E-state index is 0.0234. The van der Waals surface area contributed by atoms with Crippen molar-refractivity contribution in [2.45, 2.75) is 26.0 Å². The second kappa shape index (κ2) is 9.77. The van der Waals surface area contributed by atoms with E-state index < -0.39 is 0 Å². The number of imidazole rings is 1. The van der Waals surface area contributed by atoms with Crippen LogP contribution in [0.5, 0.6) is 5.75 Å². The molecule has 33 heavy (non-hydrogen) atoms. The van der Waals surface area contributed by atoms with Gasteiger partial charge in [0.2, 0.25) is 0 Å². The van der Waals surface area contributed by atoms with Crippen LogP contribution in [-0.2, 0) is 13.2 Å². The highest BCUT2D eigenvalue weighted by Gasteiger charge is 2.24. The van der Waals surface area contributed by atoms with Crippen molar-refractivity contribution in [3.8, 4) is 5.75 Å². The van der Waals surface area contributed by atoms with E-state index in [9.17, 15) is 4.79 Å². The molecule has 2 amide bonds. The lowest BCUT2D eigenvalue weighted by Gasteiger charge is -2.32. The average Bonchev–Trinajstić information content (AvgIpc) is 3.21. The average molecular weight is 441 g/mol. The maximum absolute atomic E-state index is 12.6. The zero-order valence-electron chi connectivity index (χ0n) is 18.6. The molecule has 2 heterocycles. The van der Waals surface area contributed by atoms with Crippen LogP contribution in [0.4, 0.5) is 10.5 Å². The van der Waals surface area contributed by atoms with Gasteiger partial charge < -0.3 is 19.5 Å². The van der Waals surface area contributed by atoms with E-state index in [1.165, 1.54) is 0 Å². The second-order valence-corrected chi connectivity index (χ2v) is 8.46. The van der Waals surface area contributed by atoms with Crippen molar-refractivity contribution in [1.82, 2.24) is 14.5 Å². The summed E-state index contributed by atoms with van der Waals surface area (Å²) in [6.45, 7) is 2.82. The van der Waals surface area contributed by atoms with Crippen LogP contribution in [0.1, 0.15) is 18.7 Å². The van der Waals surface area contributed by atoms with E-state index in [1.807, 2.05) is 77.7 Å². The molecule has 0 unspecified atom stereocenters. The number of amides is 2. The third-order valence-corrected chi connectivity index (χ3v) is 6.21. The maximum atomic E-state index is 12.6. The fourth-order valence-corrected chi connectivity index (χ4v) is 4.40. The molecule has 5 rings (SSSR count). The lowest BCUT2D eigenvalue weighted by molar-refractivity contribution is 0.176. The molecule has 168 valence electrons. The molecule has 6 nitrogen and oxygen atoms in total. The molecule has 0 atom stereocenters. The predicted molar refractivity (Wildman–Crippen MR) is 130 cm³/mol. The van der Waals surface area contributed by atoms with Crippen molar-refractivity contribution < 1.29 is 9.53 Å². The number of anilines is 1. The molecule has 1 N–H and O–H groups in total. The molecular weight excluding hydrogens is 412 g/mol. The first-order valence-corrected chi connectivity index (χ1v) is 11.5. The topological polar surface area (TPSA) is 59.4 Å². The molecule has 1 aromatic heterocycles. The van der Waals surface area contributed by atoms with E-state index in [-0.39, 0.29) is 6.03 Å². The van der Waals surface area contributed by atoms with Gasteiger partial charge in [0.1, 0.15) is 18.2 Å². The van der Waals surface area contributed by atoms with E-state index in [2.05, 4.69) is 22.0 Å². The van der Waals surface area contributed by atoms with E-state index in [0.717, 1.165) is 60.8 Å². The zero-order valence-corrected chi connectivity index (χ0v) is 18.6. The van der Waals surface area contributed by atoms with Crippen LogP contribution < -0.4 is 10.1 Å². The number of carbonyl (C=O) groups is 1. The van der Waals surface area contributed by atoms with Crippen molar-refractivity contribution in [3.05, 3.63) is 90.8 Å². The number of nitrogens with zero attached hydrogens (tertiary/aromatic N) is 3. The molecule has 0 radical (unpaired) electrons. The molecule has 0 bridgehead atoms. The quantitative estimate of drug-likeness (QED) is 0.427. The first-order valence-electron chi connectivity index (χ1n) is 11.5. The summed E-state index contributed by atoms with van der Waals surface area (Å²) in [5, 5.41) is 2.99. The largest absolute Gasteiger partial charge is 0.486 e. The fourth-order valence-electron chi connectivity index (χ4n) is 4.40. The Morgan fingerprint density at radius 2 is 1.58 bits per heavy atom. The van der Waals surface area contributed by atoms with Gasteiger partial charge in [-0.25, -0.2) is 9.78 Å². The van der Waals surface area contributed by atoms with Gasteiger partial charge in [-0.15, -0.1) is 0 Å². The van der Waals surface area contributed by atoms with Crippen molar-refractivity contribution in [2.24, 2.45) is 5.92 Å². The zero-order chi connectivity index (χ0) is 22.5. The molecule has 1 aliphatic rings. The van der Waals surface area contributed by atoms with Gasteiger partial charge in [-0.3, -0.25) is 0 Å². The molecular formula is C27H28N4O2. The van der Waals surface area contributed by atoms with Crippen molar-refractivity contribution in [1.29, 1.82) is 0 Å². The van der Waals surface area contributed by atoms with E-state index in [1.54, 1.807) is 0 Å².